The van der Waals surface area contributed by atoms with Crippen LogP contribution in [-0.2, 0) is 0 Å². The Hall–Kier alpha value is -1.06. The zero-order chi connectivity index (χ0) is 7.28. The highest BCUT2D eigenvalue weighted by Crippen LogP contribution is 1.76. The van der Waals surface area contributed by atoms with Crippen molar-refractivity contribution in [3.8, 4) is 0 Å². The second-order valence-corrected chi connectivity index (χ2v) is 1.54. The Bertz CT molecular complexity index is 136. The molecule has 0 rings (SSSR count). The van der Waals surface area contributed by atoms with Crippen LogP contribution in [0.5, 0.6) is 0 Å². The van der Waals surface area contributed by atoms with Gasteiger partial charge in [-0.25, -0.2) is 4.99 Å². The van der Waals surface area contributed by atoms with Gasteiger partial charge >= 0.3 is 0 Å². The molecule has 0 aromatic rings. The Morgan fingerprint density at radius 3 is 2.33 bits per heavy atom. The Kier molecular flexibility index (Phi) is 3.43. The molecule has 0 spiro atoms. The van der Waals surface area contributed by atoms with E-state index < -0.39 is 0 Å². The zero-order valence-electron chi connectivity index (χ0n) is 5.76. The average Bonchev–Trinajstić information content (AvgIpc) is 1.87. The molecule has 0 aliphatic carbocycles. The van der Waals surface area contributed by atoms with Crippen molar-refractivity contribution in [1.29, 1.82) is 0 Å². The van der Waals surface area contributed by atoms with Gasteiger partial charge in [-0.05, 0) is 0 Å². The smallest absolute Gasteiger partial charge is 0.216 e. The van der Waals surface area contributed by atoms with E-state index in [1.54, 1.807) is 7.05 Å². The number of rotatable bonds is 1. The summed E-state index contributed by atoms with van der Waals surface area (Å²) in [6.45, 7) is 1.90. The van der Waals surface area contributed by atoms with Gasteiger partial charge in [-0.3, -0.25) is 4.99 Å². The number of aliphatic imine (C=N–C) groups is 2. The highest BCUT2D eigenvalue weighted by atomic mass is 15.0. The molecule has 0 atom stereocenters. The number of nitrogens with zero attached hydrogens (tertiary/aromatic N) is 2. The van der Waals surface area contributed by atoms with Crippen LogP contribution in [0.4, 0.5) is 0 Å². The molecule has 0 aromatic heterocycles. The van der Waals surface area contributed by atoms with Crippen molar-refractivity contribution in [3.05, 3.63) is 0 Å². The number of nitrogens with two attached hydrogens (primary N) is 2. The monoisotopic (exact) mass is 128 g/mol. The molecule has 0 aromatic carbocycles. The lowest BCUT2D eigenvalue weighted by atomic mass is 10.5. The van der Waals surface area contributed by atoms with E-state index in [4.69, 9.17) is 11.5 Å². The summed E-state index contributed by atoms with van der Waals surface area (Å²) in [5.74, 6) is 0.743. The molecule has 0 radical (unpaired) electrons. The van der Waals surface area contributed by atoms with Crippen molar-refractivity contribution in [2.24, 2.45) is 21.5 Å². The zero-order valence-corrected chi connectivity index (χ0v) is 5.76. The highest BCUT2D eigenvalue weighted by molar-refractivity contribution is 5.94. The van der Waals surface area contributed by atoms with Crippen LogP contribution in [0.15, 0.2) is 9.98 Å². The van der Waals surface area contributed by atoms with Crippen LogP contribution in [0.2, 0.25) is 0 Å². The molecule has 0 unspecified atom stereocenters. The second kappa shape index (κ2) is 3.88. The fraction of sp³-hybridized carbons (Fsp3) is 0.600. The first-order valence-electron chi connectivity index (χ1n) is 2.76. The van der Waals surface area contributed by atoms with E-state index in [1.807, 2.05) is 6.92 Å². The first-order chi connectivity index (χ1) is 4.20. The topological polar surface area (TPSA) is 76.8 Å². The van der Waals surface area contributed by atoms with Gasteiger partial charge in [-0.1, -0.05) is 6.92 Å². The molecule has 0 bridgehead atoms. The molecule has 4 nitrogen and oxygen atoms in total. The van der Waals surface area contributed by atoms with Crippen molar-refractivity contribution >= 4 is 11.8 Å². The van der Waals surface area contributed by atoms with Crippen molar-refractivity contribution in [1.82, 2.24) is 0 Å². The summed E-state index contributed by atoms with van der Waals surface area (Å²) >= 11 is 0. The summed E-state index contributed by atoms with van der Waals surface area (Å²) < 4.78 is 0. The molecule has 52 valence electrons. The summed E-state index contributed by atoms with van der Waals surface area (Å²) in [5, 5.41) is 0. The minimum atomic E-state index is 0.231. The third kappa shape index (κ3) is 3.52. The molecule has 0 aliphatic rings. The number of guanidine groups is 1. The van der Waals surface area contributed by atoms with Crippen molar-refractivity contribution in [3.63, 3.8) is 0 Å². The van der Waals surface area contributed by atoms with E-state index >= 15 is 0 Å². The Morgan fingerprint density at radius 1 is 1.44 bits per heavy atom. The third-order valence-electron chi connectivity index (χ3n) is 0.849. The van der Waals surface area contributed by atoms with Crippen LogP contribution in [0.1, 0.15) is 13.3 Å². The minimum absolute atomic E-state index is 0.231. The van der Waals surface area contributed by atoms with Crippen molar-refractivity contribution in [2.45, 2.75) is 13.3 Å². The van der Waals surface area contributed by atoms with Gasteiger partial charge in [0.1, 0.15) is 5.84 Å². The summed E-state index contributed by atoms with van der Waals surface area (Å²) in [6, 6.07) is 0. The first-order valence-corrected chi connectivity index (χ1v) is 2.76. The van der Waals surface area contributed by atoms with Crippen LogP contribution in [0, 0.1) is 0 Å². The normalized spacial score (nSPS) is 14.0. The lowest BCUT2D eigenvalue weighted by Gasteiger charge is -1.92. The molecular formula is C5H12N4. The van der Waals surface area contributed by atoms with Crippen LogP contribution in [0.3, 0.4) is 0 Å². The predicted octanol–water partition coefficient (Wildman–Crippen LogP) is -0.302. The average molecular weight is 128 g/mol. The molecule has 0 saturated heterocycles. The number of hydrogen-bond acceptors (Lipinski definition) is 1. The molecule has 9 heavy (non-hydrogen) atoms. The maximum Gasteiger partial charge on any atom is 0.216 e. The fourth-order valence-corrected chi connectivity index (χ4v) is 0.276. The third-order valence-corrected chi connectivity index (χ3v) is 0.849. The summed E-state index contributed by atoms with van der Waals surface area (Å²) in [6.07, 6.45) is 0.705. The molecule has 4 heteroatoms. The van der Waals surface area contributed by atoms with Gasteiger partial charge in [-0.15, -0.1) is 0 Å². The molecule has 0 aliphatic heterocycles. The lowest BCUT2D eigenvalue weighted by molar-refractivity contribution is 1.23. The van der Waals surface area contributed by atoms with Gasteiger partial charge < -0.3 is 11.5 Å². The second-order valence-electron chi connectivity index (χ2n) is 1.54. The van der Waals surface area contributed by atoms with Crippen molar-refractivity contribution < 1.29 is 0 Å². The van der Waals surface area contributed by atoms with Crippen LogP contribution >= 0.6 is 0 Å². The Labute approximate surface area is 54.7 Å². The largest absolute Gasteiger partial charge is 0.387 e. The van der Waals surface area contributed by atoms with E-state index in [9.17, 15) is 0 Å². The van der Waals surface area contributed by atoms with E-state index in [0.29, 0.717) is 12.3 Å². The lowest BCUT2D eigenvalue weighted by Crippen LogP contribution is -2.17. The van der Waals surface area contributed by atoms with Gasteiger partial charge in [0.05, 0.1) is 0 Å². The van der Waals surface area contributed by atoms with Gasteiger partial charge in [-0.2, -0.15) is 0 Å². The molecular weight excluding hydrogens is 116 g/mol. The molecule has 4 N–H and O–H groups in total. The maximum atomic E-state index is 5.34. The number of hydrogen-bond donors (Lipinski definition) is 2. The minimum Gasteiger partial charge on any atom is -0.387 e. The van der Waals surface area contributed by atoms with Gasteiger partial charge in [0, 0.05) is 13.5 Å². The van der Waals surface area contributed by atoms with Crippen LogP contribution < -0.4 is 11.5 Å². The molecule has 0 heterocycles. The summed E-state index contributed by atoms with van der Waals surface area (Å²) in [7, 11) is 1.57. The van der Waals surface area contributed by atoms with Gasteiger partial charge in [0.2, 0.25) is 5.96 Å². The standard InChI is InChI=1S/C5H12N4/c1-3-4(6)9-5(7)8-2/h3H2,1-2H3,(H4,6,7,8,9). The van der Waals surface area contributed by atoms with E-state index in [1.165, 1.54) is 0 Å². The van der Waals surface area contributed by atoms with E-state index in [-0.39, 0.29) is 5.96 Å². The van der Waals surface area contributed by atoms with Crippen molar-refractivity contribution in [2.75, 3.05) is 7.05 Å². The molecule has 0 amide bonds. The number of amidine groups is 1. The van der Waals surface area contributed by atoms with Crippen LogP contribution in [-0.4, -0.2) is 18.8 Å². The van der Waals surface area contributed by atoms with Crippen LogP contribution in [0.25, 0.3) is 0 Å². The summed E-state index contributed by atoms with van der Waals surface area (Å²) in [5.41, 5.74) is 10.6. The predicted molar refractivity (Wildman–Crippen MR) is 39.5 cm³/mol. The Morgan fingerprint density at radius 2 is 2.00 bits per heavy atom. The van der Waals surface area contributed by atoms with E-state index in [2.05, 4.69) is 9.98 Å². The highest BCUT2D eigenvalue weighted by Gasteiger charge is 1.86. The maximum absolute atomic E-state index is 5.34. The van der Waals surface area contributed by atoms with E-state index in [0.717, 1.165) is 0 Å². The fourth-order valence-electron chi connectivity index (χ4n) is 0.276. The summed E-state index contributed by atoms with van der Waals surface area (Å²) in [4.78, 5) is 7.34. The quantitative estimate of drug-likeness (QED) is 0.375. The van der Waals surface area contributed by atoms with Gasteiger partial charge in [0.25, 0.3) is 0 Å². The Balaban J connectivity index is 3.95. The molecule has 0 fully saturated rings. The first kappa shape index (κ1) is 7.94. The molecule has 0 saturated carbocycles. The van der Waals surface area contributed by atoms with Gasteiger partial charge in [0.15, 0.2) is 0 Å². The SMILES string of the molecule is CCC(N)=NC(N)=NC.